The summed E-state index contributed by atoms with van der Waals surface area (Å²) in [4.78, 5) is 12.9. The zero-order valence-electron chi connectivity index (χ0n) is 11.9. The first kappa shape index (κ1) is 15.0. The fraction of sp³-hybridized carbons (Fsp3) is 0.692. The molecule has 0 aromatic carbocycles. The summed E-state index contributed by atoms with van der Waals surface area (Å²) in [6.07, 6.45) is 3.36. The number of likely N-dealkylation sites (N-methyl/N-ethyl adjacent to an activating group) is 2. The van der Waals surface area contributed by atoms with E-state index in [1.807, 2.05) is 6.07 Å². The maximum absolute atomic E-state index is 5.93. The number of nitrogens with zero attached hydrogens (tertiary/aromatic N) is 4. The minimum absolute atomic E-state index is 0.160. The molecule has 1 heterocycles. The van der Waals surface area contributed by atoms with Crippen LogP contribution in [0.25, 0.3) is 0 Å². The van der Waals surface area contributed by atoms with Gasteiger partial charge in [0.2, 0.25) is 0 Å². The molecule has 0 spiro atoms. The second kappa shape index (κ2) is 7.41. The smallest absolute Gasteiger partial charge is 0.115 e. The molecule has 1 rings (SSSR count). The molecule has 0 saturated carbocycles. The van der Waals surface area contributed by atoms with Gasteiger partial charge in [-0.2, -0.15) is 0 Å². The molecule has 2 unspecified atom stereocenters. The van der Waals surface area contributed by atoms with Crippen molar-refractivity contribution < 1.29 is 0 Å². The molecule has 0 radical (unpaired) electrons. The summed E-state index contributed by atoms with van der Waals surface area (Å²) >= 11 is 0. The fourth-order valence-electron chi connectivity index (χ4n) is 2.40. The van der Waals surface area contributed by atoms with Crippen molar-refractivity contribution in [2.75, 3.05) is 33.7 Å². The molecule has 0 bridgehead atoms. The quantitative estimate of drug-likeness (QED) is 0.775. The average Bonchev–Trinajstić information content (AvgIpc) is 2.35. The molecule has 1 aromatic heterocycles. The van der Waals surface area contributed by atoms with Gasteiger partial charge in [-0.15, -0.1) is 0 Å². The van der Waals surface area contributed by atoms with Gasteiger partial charge in [-0.25, -0.2) is 9.97 Å². The SMILES string of the molecule is CCN(C(C)CN(C)C)C(CN)c1ccncn1. The van der Waals surface area contributed by atoms with Crippen LogP contribution in [0.2, 0.25) is 0 Å². The topological polar surface area (TPSA) is 58.3 Å². The minimum atomic E-state index is 0.160. The third-order valence-electron chi connectivity index (χ3n) is 3.13. The van der Waals surface area contributed by atoms with Crippen molar-refractivity contribution in [3.05, 3.63) is 24.3 Å². The molecule has 1 aromatic rings. The lowest BCUT2D eigenvalue weighted by Gasteiger charge is -2.35. The van der Waals surface area contributed by atoms with Crippen molar-refractivity contribution in [3.8, 4) is 0 Å². The third kappa shape index (κ3) is 4.01. The molecule has 0 aliphatic rings. The van der Waals surface area contributed by atoms with Crippen LogP contribution in [0.3, 0.4) is 0 Å². The first-order valence-corrected chi connectivity index (χ1v) is 6.46. The number of nitrogens with two attached hydrogens (primary N) is 1. The third-order valence-corrected chi connectivity index (χ3v) is 3.13. The molecule has 0 amide bonds. The van der Waals surface area contributed by atoms with E-state index in [0.29, 0.717) is 12.6 Å². The molecule has 2 N–H and O–H groups in total. The molecular formula is C13H25N5. The van der Waals surface area contributed by atoms with Gasteiger partial charge in [0.25, 0.3) is 0 Å². The van der Waals surface area contributed by atoms with Crippen LogP contribution in [0.1, 0.15) is 25.6 Å². The highest BCUT2D eigenvalue weighted by Crippen LogP contribution is 2.19. The maximum atomic E-state index is 5.93. The first-order chi connectivity index (χ1) is 8.60. The zero-order chi connectivity index (χ0) is 13.5. The Bertz CT molecular complexity index is 327. The normalized spacial score (nSPS) is 15.1. The number of hydrogen-bond acceptors (Lipinski definition) is 5. The van der Waals surface area contributed by atoms with Gasteiger partial charge >= 0.3 is 0 Å². The monoisotopic (exact) mass is 251 g/mol. The Labute approximate surface area is 110 Å². The van der Waals surface area contributed by atoms with Gasteiger partial charge in [0.1, 0.15) is 6.33 Å². The predicted molar refractivity (Wildman–Crippen MR) is 74.2 cm³/mol. The highest BCUT2D eigenvalue weighted by Gasteiger charge is 2.23. The molecule has 0 aliphatic carbocycles. The van der Waals surface area contributed by atoms with Crippen LogP contribution in [-0.2, 0) is 0 Å². The van der Waals surface area contributed by atoms with Crippen molar-refractivity contribution >= 4 is 0 Å². The molecule has 2 atom stereocenters. The van der Waals surface area contributed by atoms with Crippen LogP contribution >= 0.6 is 0 Å². The van der Waals surface area contributed by atoms with Gasteiger partial charge in [-0.05, 0) is 33.6 Å². The summed E-state index contributed by atoms with van der Waals surface area (Å²) in [5.41, 5.74) is 6.93. The molecular weight excluding hydrogens is 226 g/mol. The summed E-state index contributed by atoms with van der Waals surface area (Å²) in [7, 11) is 4.18. The van der Waals surface area contributed by atoms with Gasteiger partial charge in [-0.3, -0.25) is 4.90 Å². The number of rotatable bonds is 7. The van der Waals surface area contributed by atoms with E-state index >= 15 is 0 Å². The van der Waals surface area contributed by atoms with Crippen LogP contribution in [0.5, 0.6) is 0 Å². The van der Waals surface area contributed by atoms with Crippen LogP contribution < -0.4 is 5.73 Å². The Morgan fingerprint density at radius 1 is 1.39 bits per heavy atom. The van der Waals surface area contributed by atoms with Gasteiger partial charge in [0, 0.05) is 25.3 Å². The van der Waals surface area contributed by atoms with Crippen LogP contribution in [0.15, 0.2) is 18.6 Å². The van der Waals surface area contributed by atoms with E-state index in [-0.39, 0.29) is 6.04 Å². The molecule has 18 heavy (non-hydrogen) atoms. The minimum Gasteiger partial charge on any atom is -0.329 e. The Kier molecular flexibility index (Phi) is 6.18. The van der Waals surface area contributed by atoms with E-state index in [2.05, 4.69) is 47.7 Å². The summed E-state index contributed by atoms with van der Waals surface area (Å²) in [6, 6.07) is 2.55. The molecule has 0 saturated heterocycles. The standard InChI is InChI=1S/C13H25N5/c1-5-18(11(2)9-17(3)4)13(8-14)12-6-7-15-10-16-12/h6-7,10-11,13H,5,8-9,14H2,1-4H3. The Morgan fingerprint density at radius 2 is 2.11 bits per heavy atom. The van der Waals surface area contributed by atoms with E-state index in [9.17, 15) is 0 Å². The van der Waals surface area contributed by atoms with Crippen LogP contribution in [-0.4, -0.2) is 59.5 Å². The van der Waals surface area contributed by atoms with E-state index in [1.54, 1.807) is 12.5 Å². The summed E-state index contributed by atoms with van der Waals surface area (Å²) in [5.74, 6) is 0. The van der Waals surface area contributed by atoms with Crippen molar-refractivity contribution in [1.29, 1.82) is 0 Å². The first-order valence-electron chi connectivity index (χ1n) is 6.46. The second-order valence-corrected chi connectivity index (χ2v) is 4.83. The van der Waals surface area contributed by atoms with Gasteiger partial charge in [0.15, 0.2) is 0 Å². The highest BCUT2D eigenvalue weighted by molar-refractivity contribution is 5.06. The molecule has 102 valence electrons. The van der Waals surface area contributed by atoms with Crippen molar-refractivity contribution in [1.82, 2.24) is 19.8 Å². The van der Waals surface area contributed by atoms with Crippen molar-refractivity contribution in [2.24, 2.45) is 5.73 Å². The average molecular weight is 251 g/mol. The Hall–Kier alpha value is -1.04. The zero-order valence-corrected chi connectivity index (χ0v) is 11.9. The van der Waals surface area contributed by atoms with Gasteiger partial charge < -0.3 is 10.6 Å². The van der Waals surface area contributed by atoms with Crippen molar-refractivity contribution in [2.45, 2.75) is 25.9 Å². The molecule has 5 nitrogen and oxygen atoms in total. The van der Waals surface area contributed by atoms with Gasteiger partial charge in [0.05, 0.1) is 11.7 Å². The van der Waals surface area contributed by atoms with E-state index in [4.69, 9.17) is 5.73 Å². The Morgan fingerprint density at radius 3 is 2.56 bits per heavy atom. The van der Waals surface area contributed by atoms with Crippen molar-refractivity contribution in [3.63, 3.8) is 0 Å². The summed E-state index contributed by atoms with van der Waals surface area (Å²) in [5, 5.41) is 0. The lowest BCUT2D eigenvalue weighted by molar-refractivity contribution is 0.128. The largest absolute Gasteiger partial charge is 0.329 e. The number of aromatic nitrogens is 2. The molecule has 0 aliphatic heterocycles. The maximum Gasteiger partial charge on any atom is 0.115 e. The van der Waals surface area contributed by atoms with Crippen LogP contribution in [0.4, 0.5) is 0 Å². The Balaban J connectivity index is 2.84. The van der Waals surface area contributed by atoms with Crippen LogP contribution in [0, 0.1) is 0 Å². The second-order valence-electron chi connectivity index (χ2n) is 4.83. The van der Waals surface area contributed by atoms with Gasteiger partial charge in [-0.1, -0.05) is 6.92 Å². The lowest BCUT2D eigenvalue weighted by Crippen LogP contribution is -2.44. The molecule has 0 fully saturated rings. The van der Waals surface area contributed by atoms with E-state index < -0.39 is 0 Å². The number of hydrogen-bond donors (Lipinski definition) is 1. The summed E-state index contributed by atoms with van der Waals surface area (Å²) < 4.78 is 0. The van der Waals surface area contributed by atoms with E-state index in [0.717, 1.165) is 18.8 Å². The predicted octanol–water partition coefficient (Wildman–Crippen LogP) is 0.748. The highest BCUT2D eigenvalue weighted by atomic mass is 15.2. The molecule has 5 heteroatoms. The fourth-order valence-corrected chi connectivity index (χ4v) is 2.40. The van der Waals surface area contributed by atoms with E-state index in [1.165, 1.54) is 0 Å². The lowest BCUT2D eigenvalue weighted by atomic mass is 10.1. The summed E-state index contributed by atoms with van der Waals surface area (Å²) in [6.45, 7) is 6.93.